The predicted molar refractivity (Wildman–Crippen MR) is 172 cm³/mol. The van der Waals surface area contributed by atoms with Crippen molar-refractivity contribution < 1.29 is 13.9 Å². The molecule has 0 radical (unpaired) electrons. The quantitative estimate of drug-likeness (QED) is 0.216. The van der Waals surface area contributed by atoms with Crippen molar-refractivity contribution in [2.75, 3.05) is 0 Å². The zero-order valence-electron chi connectivity index (χ0n) is 24.8. The van der Waals surface area contributed by atoms with Crippen molar-refractivity contribution in [3.63, 3.8) is 0 Å². The fourth-order valence-corrected chi connectivity index (χ4v) is 7.41. The monoisotopic (exact) mass is 560 g/mol. The van der Waals surface area contributed by atoms with E-state index in [0.29, 0.717) is 0 Å². The number of hydrogen-bond donors (Lipinski definition) is 0. The van der Waals surface area contributed by atoms with Crippen molar-refractivity contribution >= 4 is 27.5 Å². The van der Waals surface area contributed by atoms with Crippen LogP contribution < -0.4 is 0 Å². The van der Waals surface area contributed by atoms with Crippen LogP contribution in [0.2, 0.25) is 0 Å². The number of furan rings is 1. The van der Waals surface area contributed by atoms with Crippen LogP contribution in [0.5, 0.6) is 0 Å². The van der Waals surface area contributed by atoms with Crippen LogP contribution in [0.25, 0.3) is 38.6 Å². The van der Waals surface area contributed by atoms with Crippen LogP contribution in [0.1, 0.15) is 55.5 Å². The first-order chi connectivity index (χ1) is 20.8. The number of para-hydroxylation sites is 1. The van der Waals surface area contributed by atoms with Gasteiger partial charge >= 0.3 is 0 Å². The van der Waals surface area contributed by atoms with Crippen LogP contribution >= 0.6 is 0 Å². The van der Waals surface area contributed by atoms with Gasteiger partial charge in [0.25, 0.3) is 0 Å². The number of ether oxygens (including phenoxy) is 2. The Balaban J connectivity index is 1.26. The van der Waals surface area contributed by atoms with E-state index < -0.39 is 11.0 Å². The molecule has 5 aromatic carbocycles. The molecule has 1 atom stereocenters. The average Bonchev–Trinajstić information content (AvgIpc) is 3.39. The lowest BCUT2D eigenvalue weighted by atomic mass is 9.67. The van der Waals surface area contributed by atoms with Crippen LogP contribution in [-0.4, -0.2) is 17.3 Å². The van der Waals surface area contributed by atoms with Crippen molar-refractivity contribution in [3.05, 3.63) is 149 Å². The lowest BCUT2D eigenvalue weighted by Gasteiger charge is -2.44. The van der Waals surface area contributed by atoms with Gasteiger partial charge in [-0.3, -0.25) is 0 Å². The number of benzene rings is 5. The van der Waals surface area contributed by atoms with Crippen LogP contribution in [0.15, 0.2) is 125 Å². The van der Waals surface area contributed by atoms with Crippen LogP contribution in [-0.2, 0) is 14.9 Å². The Morgan fingerprint density at radius 2 is 1.16 bits per heavy atom. The smallest absolute Gasteiger partial charge is 0.145 e. The molecular formula is C40H32O3. The van der Waals surface area contributed by atoms with Gasteiger partial charge in [0, 0.05) is 16.3 Å². The Hall–Kier alpha value is -4.60. The summed E-state index contributed by atoms with van der Waals surface area (Å²) < 4.78 is 19.2. The van der Waals surface area contributed by atoms with Gasteiger partial charge in [-0.25, -0.2) is 0 Å². The highest BCUT2D eigenvalue weighted by Gasteiger charge is 2.57. The molecule has 210 valence electrons. The van der Waals surface area contributed by atoms with Crippen molar-refractivity contribution in [2.45, 2.75) is 50.4 Å². The molecule has 1 unspecified atom stereocenters. The molecule has 0 saturated carbocycles. The first kappa shape index (κ1) is 24.9. The molecule has 2 aliphatic carbocycles. The van der Waals surface area contributed by atoms with Crippen LogP contribution in [0.4, 0.5) is 0 Å². The van der Waals surface area contributed by atoms with E-state index in [1.54, 1.807) is 0 Å². The second-order valence-electron chi connectivity index (χ2n) is 13.1. The second-order valence-corrected chi connectivity index (χ2v) is 13.1. The summed E-state index contributed by atoms with van der Waals surface area (Å²) in [5, 5.41) is 2.28. The maximum absolute atomic E-state index is 6.50. The minimum atomic E-state index is -0.483. The summed E-state index contributed by atoms with van der Waals surface area (Å²) in [6.07, 6.45) is -0.0625. The Labute approximate surface area is 251 Å². The molecule has 0 spiro atoms. The summed E-state index contributed by atoms with van der Waals surface area (Å²) in [6.45, 7) is 8.44. The van der Waals surface area contributed by atoms with Gasteiger partial charge in [-0.15, -0.1) is 0 Å². The molecule has 0 amide bonds. The van der Waals surface area contributed by atoms with Gasteiger partial charge in [-0.2, -0.15) is 0 Å². The summed E-state index contributed by atoms with van der Waals surface area (Å²) in [5.74, 6) is 0.973. The summed E-state index contributed by atoms with van der Waals surface area (Å²) in [4.78, 5) is 0. The Morgan fingerprint density at radius 3 is 1.86 bits per heavy atom. The van der Waals surface area contributed by atoms with Gasteiger partial charge in [0.2, 0.25) is 0 Å². The topological polar surface area (TPSA) is 31.6 Å². The zero-order chi connectivity index (χ0) is 29.1. The molecule has 3 nitrogen and oxygen atoms in total. The average molecular weight is 561 g/mol. The third-order valence-electron chi connectivity index (χ3n) is 10.3. The molecule has 3 heteroatoms. The lowest BCUT2D eigenvalue weighted by Crippen LogP contribution is -2.52. The van der Waals surface area contributed by atoms with Gasteiger partial charge in [0.1, 0.15) is 34.2 Å². The highest BCUT2D eigenvalue weighted by atomic mass is 16.6. The zero-order valence-corrected chi connectivity index (χ0v) is 24.8. The summed E-state index contributed by atoms with van der Waals surface area (Å²) in [6, 6.07) is 41.9. The van der Waals surface area contributed by atoms with E-state index in [2.05, 4.69) is 131 Å². The Morgan fingerprint density at radius 1 is 0.558 bits per heavy atom. The van der Waals surface area contributed by atoms with Gasteiger partial charge in [-0.05, 0) is 84.8 Å². The molecule has 1 saturated heterocycles. The predicted octanol–water partition coefficient (Wildman–Crippen LogP) is 9.65. The fraction of sp³-hybridized carbons (Fsp3) is 0.200. The Kier molecular flexibility index (Phi) is 4.80. The molecular weight excluding hydrogens is 528 g/mol. The first-order valence-electron chi connectivity index (χ1n) is 15.1. The fourth-order valence-electron chi connectivity index (χ4n) is 7.41. The third-order valence-corrected chi connectivity index (χ3v) is 10.3. The van der Waals surface area contributed by atoms with Crippen molar-refractivity contribution in [1.29, 1.82) is 0 Å². The molecule has 6 aromatic rings. The molecule has 1 aromatic heterocycles. The lowest BCUT2D eigenvalue weighted by molar-refractivity contribution is -0.199. The molecule has 2 heterocycles. The van der Waals surface area contributed by atoms with Gasteiger partial charge in [0.15, 0.2) is 0 Å². The SMILES string of the molecule is CC1(C)OC2=C(c3ccc(C4(c5ccc6oc7ccccc7c6c5)c5ccccc5-c5ccccc54)cc3)C2OC1(C)C. The number of hydrogen-bond acceptors (Lipinski definition) is 3. The van der Waals surface area contributed by atoms with E-state index >= 15 is 0 Å². The number of rotatable bonds is 3. The van der Waals surface area contributed by atoms with Crippen molar-refractivity contribution in [2.24, 2.45) is 0 Å². The molecule has 3 aliphatic rings. The van der Waals surface area contributed by atoms with Gasteiger partial charge < -0.3 is 13.9 Å². The van der Waals surface area contributed by atoms with Crippen molar-refractivity contribution in [3.8, 4) is 11.1 Å². The highest BCUT2D eigenvalue weighted by molar-refractivity contribution is 6.05. The minimum absolute atomic E-state index is 0.0625. The van der Waals surface area contributed by atoms with E-state index in [1.165, 1.54) is 33.4 Å². The number of fused-ring (bicyclic) bond motifs is 7. The molecule has 1 aliphatic heterocycles. The highest BCUT2D eigenvalue weighted by Crippen LogP contribution is 2.58. The maximum Gasteiger partial charge on any atom is 0.145 e. The second kappa shape index (κ2) is 8.27. The standard InChI is InChI=1S/C40H32O3/c1-38(2)39(3,4)43-37-35(36(37)42-38)24-17-19-25(20-18-24)40(31-14-8-5-11-27(31)28-12-6-9-15-32(28)40)26-21-22-34-30(23-26)29-13-7-10-16-33(29)41-34/h5-23,36H,1-4H3. The van der Waals surface area contributed by atoms with Crippen LogP contribution in [0, 0.1) is 0 Å². The largest absolute Gasteiger partial charge is 0.486 e. The molecule has 0 bridgehead atoms. The Bertz CT molecular complexity index is 2100. The van der Waals surface area contributed by atoms with E-state index in [0.717, 1.165) is 38.8 Å². The molecule has 0 N–H and O–H groups in total. The summed E-state index contributed by atoms with van der Waals surface area (Å²) in [7, 11) is 0. The third kappa shape index (κ3) is 3.23. The van der Waals surface area contributed by atoms with E-state index in [-0.39, 0.29) is 11.7 Å². The van der Waals surface area contributed by atoms with Gasteiger partial charge in [0.05, 0.1) is 5.41 Å². The van der Waals surface area contributed by atoms with Crippen molar-refractivity contribution in [1.82, 2.24) is 0 Å². The molecule has 43 heavy (non-hydrogen) atoms. The van der Waals surface area contributed by atoms with E-state index in [1.807, 2.05) is 12.1 Å². The summed E-state index contributed by atoms with van der Waals surface area (Å²) >= 11 is 0. The van der Waals surface area contributed by atoms with Crippen LogP contribution in [0.3, 0.4) is 0 Å². The maximum atomic E-state index is 6.50. The molecule has 1 fully saturated rings. The minimum Gasteiger partial charge on any atom is -0.486 e. The summed E-state index contributed by atoms with van der Waals surface area (Å²) in [5.41, 5.74) is 10.5. The van der Waals surface area contributed by atoms with Gasteiger partial charge in [-0.1, -0.05) is 97.1 Å². The first-order valence-corrected chi connectivity index (χ1v) is 15.1. The normalized spacial score (nSPS) is 20.4. The van der Waals surface area contributed by atoms with E-state index in [9.17, 15) is 0 Å². The molecule has 9 rings (SSSR count). The van der Waals surface area contributed by atoms with E-state index in [4.69, 9.17) is 13.9 Å².